The van der Waals surface area contributed by atoms with E-state index in [2.05, 4.69) is 4.72 Å². The molecule has 0 aromatic heterocycles. The number of rotatable bonds is 4. The molecule has 112 valence electrons. The molecule has 1 aliphatic heterocycles. The van der Waals surface area contributed by atoms with Crippen LogP contribution in [0, 0.1) is 0 Å². The highest BCUT2D eigenvalue weighted by molar-refractivity contribution is 7.89. The van der Waals surface area contributed by atoms with Gasteiger partial charge in [0.05, 0.1) is 23.1 Å². The van der Waals surface area contributed by atoms with Crippen LogP contribution in [-0.4, -0.2) is 32.3 Å². The van der Waals surface area contributed by atoms with Gasteiger partial charge in [-0.1, -0.05) is 12.1 Å². The summed E-state index contributed by atoms with van der Waals surface area (Å²) >= 11 is 0. The van der Waals surface area contributed by atoms with Crippen LogP contribution in [0.25, 0.3) is 0 Å². The summed E-state index contributed by atoms with van der Waals surface area (Å²) in [7, 11) is -3.62. The van der Waals surface area contributed by atoms with Crippen LogP contribution < -0.4 is 4.72 Å². The molecule has 1 aromatic carbocycles. The molecule has 1 aliphatic rings. The largest absolute Gasteiger partial charge is 0.389 e. The summed E-state index contributed by atoms with van der Waals surface area (Å²) in [6, 6.07) is 6.37. The van der Waals surface area contributed by atoms with Gasteiger partial charge in [0.1, 0.15) is 0 Å². The monoisotopic (exact) mass is 299 g/mol. The summed E-state index contributed by atoms with van der Waals surface area (Å²) < 4.78 is 32.9. The van der Waals surface area contributed by atoms with Gasteiger partial charge in [-0.3, -0.25) is 0 Å². The van der Waals surface area contributed by atoms with E-state index in [4.69, 9.17) is 4.74 Å². The smallest absolute Gasteiger partial charge is 0.241 e. The average molecular weight is 299 g/mol. The van der Waals surface area contributed by atoms with E-state index in [9.17, 15) is 13.5 Å². The number of nitrogens with one attached hydrogen (secondary N) is 1. The third-order valence-electron chi connectivity index (χ3n) is 3.47. The quantitative estimate of drug-likeness (QED) is 0.885. The van der Waals surface area contributed by atoms with Gasteiger partial charge in [-0.15, -0.1) is 0 Å². The maximum absolute atomic E-state index is 12.4. The number of sulfonamides is 1. The molecule has 0 spiro atoms. The minimum absolute atomic E-state index is 0.169. The molecule has 2 N–H and O–H groups in total. The van der Waals surface area contributed by atoms with Gasteiger partial charge in [0.15, 0.2) is 0 Å². The summed E-state index contributed by atoms with van der Waals surface area (Å²) in [6.07, 6.45) is 0.897. The molecule has 1 fully saturated rings. The van der Waals surface area contributed by atoms with Crippen LogP contribution in [0.5, 0.6) is 0 Å². The number of aliphatic hydroxyl groups is 1. The van der Waals surface area contributed by atoms with Gasteiger partial charge in [-0.2, -0.15) is 0 Å². The Labute approximate surface area is 120 Å². The molecule has 2 unspecified atom stereocenters. The van der Waals surface area contributed by atoms with Crippen LogP contribution in [0.4, 0.5) is 0 Å². The molecule has 0 radical (unpaired) electrons. The minimum Gasteiger partial charge on any atom is -0.389 e. The Morgan fingerprint density at radius 2 is 2.20 bits per heavy atom. The van der Waals surface area contributed by atoms with Crippen molar-refractivity contribution in [3.8, 4) is 0 Å². The minimum atomic E-state index is -3.62. The third kappa shape index (κ3) is 3.58. The summed E-state index contributed by atoms with van der Waals surface area (Å²) in [5.41, 5.74) is 0.00990. The van der Waals surface area contributed by atoms with Crippen LogP contribution in [0.1, 0.15) is 38.4 Å². The van der Waals surface area contributed by atoms with Gasteiger partial charge in [-0.25, -0.2) is 13.1 Å². The first-order valence-corrected chi connectivity index (χ1v) is 8.20. The Morgan fingerprint density at radius 1 is 1.45 bits per heavy atom. The van der Waals surface area contributed by atoms with Crippen LogP contribution in [0.2, 0.25) is 0 Å². The molecule has 0 amide bonds. The Balaban J connectivity index is 2.24. The van der Waals surface area contributed by atoms with Gasteiger partial charge in [0.2, 0.25) is 10.0 Å². The highest BCUT2D eigenvalue weighted by Gasteiger charge is 2.33. The molecule has 1 saturated heterocycles. The molecule has 0 saturated carbocycles. The Hall–Kier alpha value is -0.950. The zero-order valence-electron chi connectivity index (χ0n) is 11.8. The van der Waals surface area contributed by atoms with E-state index in [1.807, 2.05) is 6.92 Å². The van der Waals surface area contributed by atoms with Crippen molar-refractivity contribution in [1.82, 2.24) is 4.72 Å². The van der Waals surface area contributed by atoms with Crippen molar-refractivity contribution in [3.05, 3.63) is 29.8 Å². The summed E-state index contributed by atoms with van der Waals surface area (Å²) in [6.45, 7) is 4.51. The van der Waals surface area contributed by atoms with E-state index in [0.717, 1.165) is 12.8 Å². The van der Waals surface area contributed by atoms with Gasteiger partial charge >= 0.3 is 0 Å². The van der Waals surface area contributed by atoms with E-state index in [-0.39, 0.29) is 4.90 Å². The molecule has 1 aromatic rings. The van der Waals surface area contributed by atoms with Crippen LogP contribution in [0.15, 0.2) is 29.2 Å². The molecule has 2 rings (SSSR count). The lowest BCUT2D eigenvalue weighted by molar-refractivity contribution is 0.0386. The standard InChI is InChI=1S/C14H21NO4S/c1-11(16)12-5-3-6-13(9-12)20(17,18)15-14(2)7-4-8-19-10-14/h3,5-6,9,11,15-16H,4,7-8,10H2,1-2H3. The predicted molar refractivity (Wildman–Crippen MR) is 75.9 cm³/mol. The summed E-state index contributed by atoms with van der Waals surface area (Å²) in [5, 5.41) is 9.55. The fourth-order valence-corrected chi connectivity index (χ4v) is 3.82. The molecule has 2 atom stereocenters. The van der Waals surface area contributed by atoms with Crippen molar-refractivity contribution in [3.63, 3.8) is 0 Å². The highest BCUT2D eigenvalue weighted by atomic mass is 32.2. The Kier molecular flexibility index (Phi) is 4.49. The lowest BCUT2D eigenvalue weighted by Crippen LogP contribution is -2.51. The molecule has 0 bridgehead atoms. The van der Waals surface area contributed by atoms with Gasteiger partial charge < -0.3 is 9.84 Å². The second kappa shape index (κ2) is 5.81. The van der Waals surface area contributed by atoms with Gasteiger partial charge in [0, 0.05) is 6.61 Å². The van der Waals surface area contributed by atoms with Crippen LogP contribution in [-0.2, 0) is 14.8 Å². The predicted octanol–water partition coefficient (Wildman–Crippen LogP) is 1.59. The number of benzene rings is 1. The van der Waals surface area contributed by atoms with E-state index in [0.29, 0.717) is 18.8 Å². The number of hydrogen-bond acceptors (Lipinski definition) is 4. The number of aliphatic hydroxyl groups excluding tert-OH is 1. The first-order valence-electron chi connectivity index (χ1n) is 6.72. The Bertz CT molecular complexity index is 562. The average Bonchev–Trinajstić information content (AvgIpc) is 2.38. The van der Waals surface area contributed by atoms with Crippen molar-refractivity contribution in [1.29, 1.82) is 0 Å². The number of ether oxygens (including phenoxy) is 1. The van der Waals surface area contributed by atoms with Crippen molar-refractivity contribution in [2.24, 2.45) is 0 Å². The second-order valence-electron chi connectivity index (χ2n) is 5.57. The molecule has 5 nitrogen and oxygen atoms in total. The summed E-state index contributed by atoms with van der Waals surface area (Å²) in [5.74, 6) is 0. The highest BCUT2D eigenvalue weighted by Crippen LogP contribution is 2.23. The second-order valence-corrected chi connectivity index (χ2v) is 7.25. The maximum atomic E-state index is 12.4. The van der Waals surface area contributed by atoms with Crippen molar-refractivity contribution < 1.29 is 18.3 Å². The van der Waals surface area contributed by atoms with Crippen molar-refractivity contribution in [2.75, 3.05) is 13.2 Å². The van der Waals surface area contributed by atoms with E-state index >= 15 is 0 Å². The van der Waals surface area contributed by atoms with Crippen molar-refractivity contribution >= 4 is 10.0 Å². The van der Waals surface area contributed by atoms with Gasteiger partial charge in [0.25, 0.3) is 0 Å². The fraction of sp³-hybridized carbons (Fsp3) is 0.571. The van der Waals surface area contributed by atoms with Crippen molar-refractivity contribution in [2.45, 2.75) is 43.2 Å². The first kappa shape index (κ1) is 15.4. The normalized spacial score (nSPS) is 25.4. The summed E-state index contributed by atoms with van der Waals surface area (Å²) in [4.78, 5) is 0.169. The zero-order valence-corrected chi connectivity index (χ0v) is 12.6. The van der Waals surface area contributed by atoms with E-state index < -0.39 is 21.7 Å². The lowest BCUT2D eigenvalue weighted by Gasteiger charge is -2.33. The molecule has 20 heavy (non-hydrogen) atoms. The van der Waals surface area contributed by atoms with Crippen LogP contribution in [0.3, 0.4) is 0 Å². The molecular weight excluding hydrogens is 278 g/mol. The van der Waals surface area contributed by atoms with E-state index in [1.54, 1.807) is 19.1 Å². The third-order valence-corrected chi connectivity index (χ3v) is 5.11. The Morgan fingerprint density at radius 3 is 2.80 bits per heavy atom. The molecule has 0 aliphatic carbocycles. The topological polar surface area (TPSA) is 75.6 Å². The first-order chi connectivity index (χ1) is 9.32. The lowest BCUT2D eigenvalue weighted by atomic mass is 9.97. The maximum Gasteiger partial charge on any atom is 0.241 e. The molecule has 6 heteroatoms. The molecule has 1 heterocycles. The van der Waals surface area contributed by atoms with E-state index in [1.165, 1.54) is 12.1 Å². The molecular formula is C14H21NO4S. The SMILES string of the molecule is CC(O)c1cccc(S(=O)(=O)NC2(C)CCCOC2)c1. The fourth-order valence-electron chi connectivity index (χ4n) is 2.34. The van der Waals surface area contributed by atoms with Crippen LogP contribution >= 0.6 is 0 Å². The zero-order chi connectivity index (χ0) is 14.8. The number of hydrogen-bond donors (Lipinski definition) is 2. The van der Waals surface area contributed by atoms with Gasteiger partial charge in [-0.05, 0) is 44.4 Å².